The van der Waals surface area contributed by atoms with E-state index in [1.54, 1.807) is 24.4 Å². The number of hydrogen-bond donors (Lipinski definition) is 3. The summed E-state index contributed by atoms with van der Waals surface area (Å²) in [4.78, 5) is 14.3. The number of nitrogens with two attached hydrogens (primary N) is 2. The molecule has 0 aliphatic carbocycles. The molecule has 13 heavy (non-hydrogen) atoms. The number of carbonyl (C=O) groups excluding carboxylic acids is 1. The van der Waals surface area contributed by atoms with Crippen molar-refractivity contribution in [3.8, 4) is 0 Å². The number of nitrogens with one attached hydrogen (secondary N) is 1. The van der Waals surface area contributed by atoms with Crippen molar-refractivity contribution in [1.82, 2.24) is 4.98 Å². The molecule has 0 bridgehead atoms. The van der Waals surface area contributed by atoms with Crippen LogP contribution >= 0.6 is 0 Å². The zero-order chi connectivity index (χ0) is 9.68. The molecule has 68 valence electrons. The molecular formula is C8H10N4O. The number of nitrogens with zero attached hydrogens (tertiary/aromatic N) is 1. The number of amides is 1. The van der Waals surface area contributed by atoms with Crippen molar-refractivity contribution >= 4 is 17.8 Å². The molecule has 0 aliphatic rings. The lowest BCUT2D eigenvalue weighted by Crippen LogP contribution is -2.08. The average molecular weight is 178 g/mol. The number of hydrazine groups is 1. The first-order valence-corrected chi connectivity index (χ1v) is 3.62. The van der Waals surface area contributed by atoms with Crippen LogP contribution in [0.4, 0.5) is 5.82 Å². The smallest absolute Gasteiger partial charge is 0.241 e. The normalized spacial score (nSPS) is 10.2. The van der Waals surface area contributed by atoms with Gasteiger partial charge in [0.05, 0.1) is 0 Å². The maximum Gasteiger partial charge on any atom is 0.241 e. The van der Waals surface area contributed by atoms with Crippen LogP contribution < -0.4 is 17.0 Å². The number of rotatable bonds is 3. The van der Waals surface area contributed by atoms with Crippen LogP contribution in [0, 0.1) is 0 Å². The molecule has 5 N–H and O–H groups in total. The molecule has 1 aromatic rings. The molecule has 1 rings (SSSR count). The highest BCUT2D eigenvalue weighted by Gasteiger charge is 1.90. The molecule has 0 aliphatic heterocycles. The predicted octanol–water partition coefficient (Wildman–Crippen LogP) is -0.134. The van der Waals surface area contributed by atoms with E-state index in [9.17, 15) is 4.79 Å². The van der Waals surface area contributed by atoms with Gasteiger partial charge in [0, 0.05) is 12.3 Å². The minimum absolute atomic E-state index is 0.485. The van der Waals surface area contributed by atoms with Crippen LogP contribution in [0.5, 0.6) is 0 Å². The minimum Gasteiger partial charge on any atom is -0.366 e. The van der Waals surface area contributed by atoms with Crippen molar-refractivity contribution in [1.29, 1.82) is 0 Å². The van der Waals surface area contributed by atoms with Gasteiger partial charge in [-0.3, -0.25) is 4.79 Å². The highest BCUT2D eigenvalue weighted by molar-refractivity contribution is 5.90. The molecule has 5 heteroatoms. The summed E-state index contributed by atoms with van der Waals surface area (Å²) in [6.07, 6.45) is 4.43. The fraction of sp³-hybridized carbons (Fsp3) is 0. The van der Waals surface area contributed by atoms with Crippen LogP contribution in [-0.2, 0) is 4.79 Å². The van der Waals surface area contributed by atoms with Crippen molar-refractivity contribution in [2.45, 2.75) is 0 Å². The highest BCUT2D eigenvalue weighted by Crippen LogP contribution is 2.04. The number of carbonyl (C=O) groups is 1. The lowest BCUT2D eigenvalue weighted by Gasteiger charge is -1.97. The Labute approximate surface area is 75.4 Å². The lowest BCUT2D eigenvalue weighted by atomic mass is 10.2. The Bertz CT molecular complexity index is 317. The standard InChI is InChI=1S/C8H10N4O/c9-7(13)3-1-6-2-4-8(12-10)11-5-6/h1-5H,10H2,(H2,9,13)(H,11,12). The zero-order valence-electron chi connectivity index (χ0n) is 6.90. The van der Waals surface area contributed by atoms with Crippen LogP contribution in [-0.4, -0.2) is 10.9 Å². The van der Waals surface area contributed by atoms with Gasteiger partial charge in [-0.1, -0.05) is 0 Å². The van der Waals surface area contributed by atoms with E-state index in [1.165, 1.54) is 6.08 Å². The van der Waals surface area contributed by atoms with Crippen molar-refractivity contribution in [2.24, 2.45) is 11.6 Å². The van der Waals surface area contributed by atoms with E-state index in [0.717, 1.165) is 5.56 Å². The average Bonchev–Trinajstić information content (AvgIpc) is 2.15. The molecule has 1 aromatic heterocycles. The fourth-order valence-corrected chi connectivity index (χ4v) is 0.768. The second-order valence-corrected chi connectivity index (χ2v) is 2.36. The van der Waals surface area contributed by atoms with Gasteiger partial charge in [-0.25, -0.2) is 10.8 Å². The third kappa shape index (κ3) is 2.92. The number of pyridine rings is 1. The Morgan fingerprint density at radius 2 is 2.31 bits per heavy atom. The Morgan fingerprint density at radius 1 is 1.54 bits per heavy atom. The second-order valence-electron chi connectivity index (χ2n) is 2.36. The number of nitrogen functional groups attached to an aromatic ring is 1. The molecule has 0 saturated carbocycles. The van der Waals surface area contributed by atoms with Gasteiger partial charge in [0.1, 0.15) is 5.82 Å². The summed E-state index contributed by atoms with van der Waals surface area (Å²) in [7, 11) is 0. The molecule has 0 fully saturated rings. The van der Waals surface area contributed by atoms with Crippen molar-refractivity contribution in [2.75, 3.05) is 5.43 Å². The monoisotopic (exact) mass is 178 g/mol. The Hall–Kier alpha value is -1.88. The fourth-order valence-electron chi connectivity index (χ4n) is 0.768. The molecular weight excluding hydrogens is 168 g/mol. The summed E-state index contributed by atoms with van der Waals surface area (Å²) in [6.45, 7) is 0. The number of primary amides is 1. The van der Waals surface area contributed by atoms with Crippen molar-refractivity contribution in [3.05, 3.63) is 30.0 Å². The van der Waals surface area contributed by atoms with E-state index in [-0.39, 0.29) is 0 Å². The largest absolute Gasteiger partial charge is 0.366 e. The van der Waals surface area contributed by atoms with Crippen LogP contribution in [0.2, 0.25) is 0 Å². The topological polar surface area (TPSA) is 94.0 Å². The summed E-state index contributed by atoms with van der Waals surface area (Å²) in [6, 6.07) is 3.46. The van der Waals surface area contributed by atoms with E-state index >= 15 is 0 Å². The number of hydrogen-bond acceptors (Lipinski definition) is 4. The summed E-state index contributed by atoms with van der Waals surface area (Å²) >= 11 is 0. The van der Waals surface area contributed by atoms with Gasteiger partial charge < -0.3 is 11.2 Å². The van der Waals surface area contributed by atoms with Gasteiger partial charge in [0.2, 0.25) is 5.91 Å². The van der Waals surface area contributed by atoms with Gasteiger partial charge in [-0.05, 0) is 23.8 Å². The first-order valence-electron chi connectivity index (χ1n) is 3.62. The summed E-state index contributed by atoms with van der Waals surface area (Å²) < 4.78 is 0. The Kier molecular flexibility index (Phi) is 2.99. The van der Waals surface area contributed by atoms with E-state index in [2.05, 4.69) is 10.4 Å². The van der Waals surface area contributed by atoms with Crippen molar-refractivity contribution in [3.63, 3.8) is 0 Å². The molecule has 0 unspecified atom stereocenters. The van der Waals surface area contributed by atoms with Gasteiger partial charge in [-0.15, -0.1) is 0 Å². The minimum atomic E-state index is -0.485. The maximum atomic E-state index is 10.4. The molecule has 0 saturated heterocycles. The molecule has 0 atom stereocenters. The van der Waals surface area contributed by atoms with E-state index in [4.69, 9.17) is 11.6 Å². The summed E-state index contributed by atoms with van der Waals surface area (Å²) in [5, 5.41) is 0. The zero-order valence-corrected chi connectivity index (χ0v) is 6.90. The maximum absolute atomic E-state index is 10.4. The SMILES string of the molecule is NNc1ccc(C=CC(N)=O)cn1. The van der Waals surface area contributed by atoms with E-state index in [0.29, 0.717) is 5.82 Å². The molecule has 0 radical (unpaired) electrons. The third-order valence-electron chi connectivity index (χ3n) is 1.37. The second kappa shape index (κ2) is 4.22. The van der Waals surface area contributed by atoms with E-state index < -0.39 is 5.91 Å². The first-order chi connectivity index (χ1) is 6.22. The molecule has 1 heterocycles. The van der Waals surface area contributed by atoms with Crippen LogP contribution in [0.15, 0.2) is 24.4 Å². The van der Waals surface area contributed by atoms with Crippen LogP contribution in [0.25, 0.3) is 6.08 Å². The van der Waals surface area contributed by atoms with Gasteiger partial charge in [0.25, 0.3) is 0 Å². The predicted molar refractivity (Wildman–Crippen MR) is 50.3 cm³/mol. The van der Waals surface area contributed by atoms with Gasteiger partial charge in [-0.2, -0.15) is 0 Å². The molecule has 5 nitrogen and oxygen atoms in total. The van der Waals surface area contributed by atoms with Gasteiger partial charge >= 0.3 is 0 Å². The van der Waals surface area contributed by atoms with Gasteiger partial charge in [0.15, 0.2) is 0 Å². The molecule has 0 aromatic carbocycles. The van der Waals surface area contributed by atoms with Crippen LogP contribution in [0.3, 0.4) is 0 Å². The number of aromatic nitrogens is 1. The third-order valence-corrected chi connectivity index (χ3v) is 1.37. The summed E-state index contributed by atoms with van der Waals surface area (Å²) in [5.41, 5.74) is 8.10. The van der Waals surface area contributed by atoms with Crippen molar-refractivity contribution < 1.29 is 4.79 Å². The number of anilines is 1. The quantitative estimate of drug-likeness (QED) is 0.341. The molecule has 1 amide bonds. The first kappa shape index (κ1) is 9.21. The highest BCUT2D eigenvalue weighted by atomic mass is 16.1. The lowest BCUT2D eigenvalue weighted by molar-refractivity contribution is -0.113. The Morgan fingerprint density at radius 3 is 2.77 bits per heavy atom. The summed E-state index contributed by atoms with van der Waals surface area (Å²) in [5.74, 6) is 5.20. The molecule has 0 spiro atoms. The van der Waals surface area contributed by atoms with E-state index in [1.807, 2.05) is 0 Å². The van der Waals surface area contributed by atoms with Crippen LogP contribution in [0.1, 0.15) is 5.56 Å². The Balaban J connectivity index is 2.75.